The number of benzene rings is 2. The summed E-state index contributed by atoms with van der Waals surface area (Å²) in [6, 6.07) is 15.2. The fourth-order valence-corrected chi connectivity index (χ4v) is 4.74. The number of aryl methyl sites for hydroxylation is 1. The number of hydrogen-bond acceptors (Lipinski definition) is 8. The number of nitrogens with two attached hydrogens (primary N) is 2. The number of nitrogen functional groups attached to an aromatic ring is 1. The first kappa shape index (κ1) is 25.7. The Bertz CT molecular complexity index is 1470. The monoisotopic (exact) mass is 518 g/mol. The number of hydrogen-bond donors (Lipinski definition) is 3. The molecule has 2 aromatic carbocycles. The molecule has 0 saturated carbocycles. The van der Waals surface area contributed by atoms with Crippen LogP contribution in [0.1, 0.15) is 37.3 Å². The van der Waals surface area contributed by atoms with Crippen LogP contribution in [0.15, 0.2) is 60.8 Å². The number of rotatable bonds is 9. The fourth-order valence-electron chi connectivity index (χ4n) is 3.99. The number of carbonyl (C=O) groups is 3. The summed E-state index contributed by atoms with van der Waals surface area (Å²) in [5.74, 6) is -1.85. The zero-order valence-electron chi connectivity index (χ0n) is 20.3. The second-order valence-corrected chi connectivity index (χ2v) is 9.02. The van der Waals surface area contributed by atoms with Crippen molar-refractivity contribution in [2.45, 2.75) is 13.0 Å². The van der Waals surface area contributed by atoms with Gasteiger partial charge in [0.15, 0.2) is 5.69 Å². The minimum atomic E-state index is -1.09. The molecule has 0 spiro atoms. The van der Waals surface area contributed by atoms with Crippen molar-refractivity contribution in [3.8, 4) is 0 Å². The number of nitrogens with one attached hydrogen (secondary N) is 1. The Kier molecular flexibility index (Phi) is 7.75. The van der Waals surface area contributed by atoms with E-state index in [1.165, 1.54) is 12.0 Å². The van der Waals surface area contributed by atoms with E-state index in [4.69, 9.17) is 16.2 Å². The molecule has 0 saturated heterocycles. The molecule has 2 heterocycles. The quantitative estimate of drug-likeness (QED) is 0.288. The van der Waals surface area contributed by atoms with E-state index in [9.17, 15) is 14.4 Å². The third-order valence-electron chi connectivity index (χ3n) is 5.80. The Morgan fingerprint density at radius 3 is 2.62 bits per heavy atom. The number of anilines is 2. The average molecular weight is 519 g/mol. The molecule has 0 radical (unpaired) electrons. The number of aromatic nitrogens is 2. The second kappa shape index (κ2) is 11.1. The predicted molar refractivity (Wildman–Crippen MR) is 142 cm³/mol. The van der Waals surface area contributed by atoms with E-state index >= 15 is 0 Å². The molecule has 0 unspecified atom stereocenters. The maximum Gasteiger partial charge on any atom is 0.273 e. The van der Waals surface area contributed by atoms with Crippen molar-refractivity contribution < 1.29 is 19.1 Å². The largest absolute Gasteiger partial charge is 0.395 e. The molecule has 0 fully saturated rings. The third kappa shape index (κ3) is 5.27. The van der Waals surface area contributed by atoms with Crippen molar-refractivity contribution in [2.75, 3.05) is 30.9 Å². The molecule has 0 aliphatic rings. The molecule has 0 aliphatic carbocycles. The fraction of sp³-hybridized carbons (Fsp3) is 0.192. The molecular weight excluding hydrogens is 492 g/mol. The molecular formula is C26H26N6O4S. The smallest absolute Gasteiger partial charge is 0.273 e. The Balaban J connectivity index is 1.91. The normalized spacial score (nSPS) is 11.7. The maximum atomic E-state index is 14.1. The van der Waals surface area contributed by atoms with Crippen molar-refractivity contribution in [2.24, 2.45) is 5.73 Å². The highest BCUT2D eigenvalue weighted by atomic mass is 32.1. The van der Waals surface area contributed by atoms with Crippen molar-refractivity contribution in [1.29, 1.82) is 0 Å². The summed E-state index contributed by atoms with van der Waals surface area (Å²) in [4.78, 5) is 45.3. The van der Waals surface area contributed by atoms with Crippen molar-refractivity contribution in [1.82, 2.24) is 14.7 Å². The summed E-state index contributed by atoms with van der Waals surface area (Å²) in [7, 11) is 1.53. The van der Waals surface area contributed by atoms with Crippen LogP contribution < -0.4 is 21.7 Å². The summed E-state index contributed by atoms with van der Waals surface area (Å²) in [5.41, 5.74) is 13.8. The van der Waals surface area contributed by atoms with Gasteiger partial charge in [-0.15, -0.1) is 0 Å². The molecule has 4 aromatic rings. The van der Waals surface area contributed by atoms with E-state index < -0.39 is 23.8 Å². The lowest BCUT2D eigenvalue weighted by Gasteiger charge is -2.32. The van der Waals surface area contributed by atoms with Crippen LogP contribution in [0.5, 0.6) is 0 Å². The number of para-hydroxylation sites is 1. The molecule has 0 bridgehead atoms. The van der Waals surface area contributed by atoms with Crippen LogP contribution >= 0.6 is 11.5 Å². The number of primary amides is 1. The van der Waals surface area contributed by atoms with Crippen LogP contribution in [0.4, 0.5) is 11.4 Å². The molecule has 0 aliphatic heterocycles. The Morgan fingerprint density at radius 1 is 1.14 bits per heavy atom. The lowest BCUT2D eigenvalue weighted by Crippen LogP contribution is -2.45. The highest BCUT2D eigenvalue weighted by Crippen LogP contribution is 2.35. The van der Waals surface area contributed by atoms with Crippen LogP contribution in [0, 0.1) is 6.92 Å². The van der Waals surface area contributed by atoms with Gasteiger partial charge in [-0.3, -0.25) is 24.3 Å². The number of amides is 3. The van der Waals surface area contributed by atoms with Gasteiger partial charge in [-0.25, -0.2) is 0 Å². The zero-order chi connectivity index (χ0) is 26.5. The molecule has 11 heteroatoms. The number of carbonyl (C=O) groups excluding carboxylic acids is 3. The van der Waals surface area contributed by atoms with Gasteiger partial charge < -0.3 is 21.5 Å². The van der Waals surface area contributed by atoms with E-state index in [1.54, 1.807) is 36.5 Å². The van der Waals surface area contributed by atoms with E-state index in [0.29, 0.717) is 17.9 Å². The van der Waals surface area contributed by atoms with Gasteiger partial charge in [0, 0.05) is 30.9 Å². The van der Waals surface area contributed by atoms with Gasteiger partial charge >= 0.3 is 0 Å². The first-order chi connectivity index (χ1) is 17.8. The summed E-state index contributed by atoms with van der Waals surface area (Å²) < 4.78 is 9.07. The predicted octanol–water partition coefficient (Wildman–Crippen LogP) is 2.83. The zero-order valence-corrected chi connectivity index (χ0v) is 21.1. The van der Waals surface area contributed by atoms with Gasteiger partial charge in [0.25, 0.3) is 11.8 Å². The highest BCUT2D eigenvalue weighted by Gasteiger charge is 2.36. The van der Waals surface area contributed by atoms with Gasteiger partial charge in [-0.2, -0.15) is 4.37 Å². The lowest BCUT2D eigenvalue weighted by molar-refractivity contribution is -0.122. The van der Waals surface area contributed by atoms with Gasteiger partial charge in [0.05, 0.1) is 17.8 Å². The van der Waals surface area contributed by atoms with Crippen LogP contribution in [0.3, 0.4) is 0 Å². The lowest BCUT2D eigenvalue weighted by atomic mass is 9.99. The van der Waals surface area contributed by atoms with Crippen LogP contribution in [-0.4, -0.2) is 47.3 Å². The van der Waals surface area contributed by atoms with Gasteiger partial charge in [0.2, 0.25) is 5.91 Å². The standard InChI is InChI=1S/C26H26N6O4S/c1-15-6-3-4-8-19(15)32(26(35)23-20(27)21(24(28)33)31-37-23)22(25(34)30-12-13-36-2)17-9-10-18-16(14-17)7-5-11-29-18/h3-11,14,22H,12-13,27H2,1-2H3,(H2,28,33)(H,30,34)/t22-/m1/s1. The summed E-state index contributed by atoms with van der Waals surface area (Å²) >= 11 is 0.761. The topological polar surface area (TPSA) is 154 Å². The number of pyridine rings is 1. The molecule has 3 amide bonds. The van der Waals surface area contributed by atoms with E-state index in [1.807, 2.05) is 31.2 Å². The minimum absolute atomic E-state index is 0.00852. The number of nitrogens with zero attached hydrogens (tertiary/aromatic N) is 3. The second-order valence-electron chi connectivity index (χ2n) is 8.24. The number of ether oxygens (including phenoxy) is 1. The highest BCUT2D eigenvalue weighted by molar-refractivity contribution is 7.09. The summed E-state index contributed by atoms with van der Waals surface area (Å²) in [6.07, 6.45) is 1.68. The van der Waals surface area contributed by atoms with Gasteiger partial charge in [-0.05, 0) is 53.8 Å². The first-order valence-corrected chi connectivity index (χ1v) is 12.2. The molecule has 1 atom stereocenters. The van der Waals surface area contributed by atoms with Crippen LogP contribution in [0.25, 0.3) is 10.9 Å². The third-order valence-corrected chi connectivity index (χ3v) is 6.66. The first-order valence-electron chi connectivity index (χ1n) is 11.4. The molecule has 10 nitrogen and oxygen atoms in total. The van der Waals surface area contributed by atoms with Crippen molar-refractivity contribution in [3.05, 3.63) is 82.5 Å². The van der Waals surface area contributed by atoms with Crippen molar-refractivity contribution >= 4 is 51.5 Å². The molecule has 5 N–H and O–H groups in total. The molecule has 4 rings (SSSR count). The van der Waals surface area contributed by atoms with E-state index in [0.717, 1.165) is 28.0 Å². The summed E-state index contributed by atoms with van der Waals surface area (Å²) in [5, 5.41) is 3.66. The van der Waals surface area contributed by atoms with Crippen LogP contribution in [0.2, 0.25) is 0 Å². The SMILES string of the molecule is COCCNC(=O)[C@@H](c1ccc2ncccc2c1)N(C(=O)c1snc(C(N)=O)c1N)c1ccccc1C. The molecule has 190 valence electrons. The van der Waals surface area contributed by atoms with Gasteiger partial charge in [0.1, 0.15) is 10.9 Å². The Morgan fingerprint density at radius 2 is 1.92 bits per heavy atom. The minimum Gasteiger partial charge on any atom is -0.395 e. The Labute approximate surface area is 217 Å². The average Bonchev–Trinajstić information content (AvgIpc) is 3.28. The summed E-state index contributed by atoms with van der Waals surface area (Å²) in [6.45, 7) is 2.37. The molecule has 2 aromatic heterocycles. The maximum absolute atomic E-state index is 14.1. The van der Waals surface area contributed by atoms with Crippen LogP contribution in [-0.2, 0) is 9.53 Å². The van der Waals surface area contributed by atoms with E-state index in [2.05, 4.69) is 14.7 Å². The van der Waals surface area contributed by atoms with E-state index in [-0.39, 0.29) is 22.8 Å². The van der Waals surface area contributed by atoms with Crippen molar-refractivity contribution in [3.63, 3.8) is 0 Å². The number of methoxy groups -OCH3 is 1. The van der Waals surface area contributed by atoms with Gasteiger partial charge in [-0.1, -0.05) is 30.3 Å². The Hall–Kier alpha value is -4.35. The number of fused-ring (bicyclic) bond motifs is 1. The molecule has 37 heavy (non-hydrogen) atoms.